The molecule has 8 heteroatoms. The molecule has 2 aromatic carbocycles. The summed E-state index contributed by atoms with van der Waals surface area (Å²) in [6, 6.07) is 8.33. The van der Waals surface area contributed by atoms with E-state index in [0.29, 0.717) is 24.5 Å². The van der Waals surface area contributed by atoms with E-state index in [2.05, 4.69) is 0 Å². The Bertz CT molecular complexity index is 919. The minimum absolute atomic E-state index is 0.0899. The molecule has 0 bridgehead atoms. The van der Waals surface area contributed by atoms with Crippen molar-refractivity contribution in [3.8, 4) is 11.5 Å². The van der Waals surface area contributed by atoms with Gasteiger partial charge in [-0.25, -0.2) is 12.8 Å². The van der Waals surface area contributed by atoms with Gasteiger partial charge in [-0.3, -0.25) is 0 Å². The molecule has 26 heavy (non-hydrogen) atoms. The Morgan fingerprint density at radius 3 is 2.50 bits per heavy atom. The van der Waals surface area contributed by atoms with Crippen molar-refractivity contribution < 1.29 is 22.3 Å². The van der Waals surface area contributed by atoms with Crippen molar-refractivity contribution in [2.24, 2.45) is 0 Å². The molecule has 1 aliphatic rings. The van der Waals surface area contributed by atoms with Crippen LogP contribution in [0.15, 0.2) is 41.3 Å². The molecule has 0 radical (unpaired) electrons. The summed E-state index contributed by atoms with van der Waals surface area (Å²) in [5.74, 6) is 0.533. The number of rotatable bonds is 5. The molecule has 1 atom stereocenters. The fraction of sp³-hybridized carbons (Fsp3) is 0.333. The summed E-state index contributed by atoms with van der Waals surface area (Å²) in [7, 11) is -0.783. The molecule has 1 fully saturated rings. The molecular formula is C18H19ClFNO4S. The van der Waals surface area contributed by atoms with Gasteiger partial charge in [-0.1, -0.05) is 17.7 Å². The van der Waals surface area contributed by atoms with E-state index in [0.717, 1.165) is 24.1 Å². The van der Waals surface area contributed by atoms with Crippen LogP contribution in [0.5, 0.6) is 11.5 Å². The molecule has 0 spiro atoms. The van der Waals surface area contributed by atoms with Crippen molar-refractivity contribution >= 4 is 21.6 Å². The van der Waals surface area contributed by atoms with E-state index in [4.69, 9.17) is 21.1 Å². The molecule has 1 saturated heterocycles. The zero-order valence-corrected chi connectivity index (χ0v) is 16.0. The third-order valence-corrected chi connectivity index (χ3v) is 6.87. The molecule has 1 aliphatic heterocycles. The highest BCUT2D eigenvalue weighted by atomic mass is 35.5. The summed E-state index contributed by atoms with van der Waals surface area (Å²) < 4.78 is 51.4. The lowest BCUT2D eigenvalue weighted by Crippen LogP contribution is -2.31. The van der Waals surface area contributed by atoms with E-state index in [-0.39, 0.29) is 16.0 Å². The third-order valence-electron chi connectivity index (χ3n) is 4.48. The highest BCUT2D eigenvalue weighted by Gasteiger charge is 2.37. The SMILES string of the molecule is COc1ccc(C2CCCN2S(=O)(=O)c2ccc(F)cc2Cl)cc1OC. The topological polar surface area (TPSA) is 55.8 Å². The molecular weight excluding hydrogens is 381 g/mol. The van der Waals surface area contributed by atoms with E-state index >= 15 is 0 Å². The summed E-state index contributed by atoms with van der Waals surface area (Å²) in [6.45, 7) is 0.370. The van der Waals surface area contributed by atoms with Gasteiger partial charge in [0.05, 0.1) is 25.3 Å². The average Bonchev–Trinajstić information content (AvgIpc) is 3.11. The minimum atomic E-state index is -3.86. The number of hydrogen-bond donors (Lipinski definition) is 0. The number of sulfonamides is 1. The summed E-state index contributed by atoms with van der Waals surface area (Å²) in [5, 5.41) is -0.122. The van der Waals surface area contributed by atoms with Crippen molar-refractivity contribution in [2.75, 3.05) is 20.8 Å². The zero-order chi connectivity index (χ0) is 18.9. The van der Waals surface area contributed by atoms with Gasteiger partial charge in [0, 0.05) is 6.54 Å². The highest BCUT2D eigenvalue weighted by molar-refractivity contribution is 7.89. The Hall–Kier alpha value is -1.83. The molecule has 0 aliphatic carbocycles. The first-order valence-electron chi connectivity index (χ1n) is 8.07. The normalized spacial score (nSPS) is 18.1. The maximum absolute atomic E-state index is 13.3. The first-order valence-corrected chi connectivity index (χ1v) is 9.89. The molecule has 2 aromatic rings. The smallest absolute Gasteiger partial charge is 0.245 e. The Kier molecular flexibility index (Phi) is 5.41. The fourth-order valence-electron chi connectivity index (χ4n) is 3.23. The van der Waals surface area contributed by atoms with Crippen molar-refractivity contribution in [1.82, 2.24) is 4.31 Å². The van der Waals surface area contributed by atoms with Crippen LogP contribution in [0.25, 0.3) is 0 Å². The van der Waals surface area contributed by atoms with Crippen molar-refractivity contribution in [3.63, 3.8) is 0 Å². The number of hydrogen-bond acceptors (Lipinski definition) is 4. The Balaban J connectivity index is 2.00. The van der Waals surface area contributed by atoms with Crippen LogP contribution in [-0.4, -0.2) is 33.5 Å². The van der Waals surface area contributed by atoms with E-state index < -0.39 is 15.8 Å². The standard InChI is InChI=1S/C18H19ClFNO4S/c1-24-16-7-5-12(10-17(16)25-2)15-4-3-9-21(15)26(22,23)18-8-6-13(20)11-14(18)19/h5-8,10-11,15H,3-4,9H2,1-2H3. The number of methoxy groups -OCH3 is 2. The van der Waals surface area contributed by atoms with Crippen LogP contribution < -0.4 is 9.47 Å². The second-order valence-electron chi connectivity index (χ2n) is 5.96. The first-order chi connectivity index (χ1) is 12.4. The largest absolute Gasteiger partial charge is 0.493 e. The van der Waals surface area contributed by atoms with Crippen LogP contribution in [0, 0.1) is 5.82 Å². The predicted molar refractivity (Wildman–Crippen MR) is 96.8 cm³/mol. The van der Waals surface area contributed by atoms with Gasteiger partial charge in [-0.05, 0) is 48.7 Å². The van der Waals surface area contributed by atoms with E-state index in [1.807, 2.05) is 6.07 Å². The summed E-state index contributed by atoms with van der Waals surface area (Å²) in [6.07, 6.45) is 1.39. The molecule has 0 saturated carbocycles. The van der Waals surface area contributed by atoms with Crippen molar-refractivity contribution in [2.45, 2.75) is 23.8 Å². The number of halogens is 2. The quantitative estimate of drug-likeness (QED) is 0.761. The molecule has 1 heterocycles. The van der Waals surface area contributed by atoms with Crippen LogP contribution >= 0.6 is 11.6 Å². The van der Waals surface area contributed by atoms with Crippen molar-refractivity contribution in [1.29, 1.82) is 0 Å². The molecule has 3 rings (SSSR count). The van der Waals surface area contributed by atoms with Gasteiger partial charge in [0.15, 0.2) is 11.5 Å². The summed E-state index contributed by atoms with van der Waals surface area (Å²) >= 11 is 5.99. The second kappa shape index (κ2) is 7.42. The third kappa shape index (κ3) is 3.39. The molecule has 1 unspecified atom stereocenters. The van der Waals surface area contributed by atoms with Gasteiger partial charge in [-0.2, -0.15) is 4.31 Å². The second-order valence-corrected chi connectivity index (χ2v) is 8.23. The fourth-order valence-corrected chi connectivity index (χ4v) is 5.42. The van der Waals surface area contributed by atoms with E-state index in [9.17, 15) is 12.8 Å². The van der Waals surface area contributed by atoms with Crippen LogP contribution in [0.2, 0.25) is 5.02 Å². The van der Waals surface area contributed by atoms with Crippen molar-refractivity contribution in [3.05, 3.63) is 52.8 Å². The van der Waals surface area contributed by atoms with Gasteiger partial charge in [0.25, 0.3) is 0 Å². The molecule has 140 valence electrons. The van der Waals surface area contributed by atoms with Crippen LogP contribution in [0.1, 0.15) is 24.4 Å². The van der Waals surface area contributed by atoms with E-state index in [1.165, 1.54) is 17.5 Å². The first kappa shape index (κ1) is 18.9. The van der Waals surface area contributed by atoms with Gasteiger partial charge in [-0.15, -0.1) is 0 Å². The number of ether oxygens (including phenoxy) is 2. The van der Waals surface area contributed by atoms with E-state index in [1.54, 1.807) is 19.2 Å². The number of nitrogens with zero attached hydrogens (tertiary/aromatic N) is 1. The van der Waals surface area contributed by atoms with Gasteiger partial charge >= 0.3 is 0 Å². The lowest BCUT2D eigenvalue weighted by Gasteiger charge is -2.25. The molecule has 0 amide bonds. The van der Waals surface area contributed by atoms with Gasteiger partial charge in [0.1, 0.15) is 10.7 Å². The Morgan fingerprint density at radius 2 is 1.85 bits per heavy atom. The Labute approximate surface area is 157 Å². The maximum atomic E-state index is 13.3. The average molecular weight is 400 g/mol. The molecule has 0 N–H and O–H groups in total. The minimum Gasteiger partial charge on any atom is -0.493 e. The summed E-state index contributed by atoms with van der Waals surface area (Å²) in [5.41, 5.74) is 0.807. The van der Waals surface area contributed by atoms with Crippen LogP contribution in [0.3, 0.4) is 0 Å². The predicted octanol–water partition coefficient (Wildman–Crippen LogP) is 4.02. The molecule has 0 aromatic heterocycles. The van der Waals surface area contributed by atoms with Gasteiger partial charge in [0.2, 0.25) is 10.0 Å². The van der Waals surface area contributed by atoms with Crippen LogP contribution in [-0.2, 0) is 10.0 Å². The molecule has 5 nitrogen and oxygen atoms in total. The maximum Gasteiger partial charge on any atom is 0.245 e. The highest BCUT2D eigenvalue weighted by Crippen LogP contribution is 2.40. The lowest BCUT2D eigenvalue weighted by atomic mass is 10.0. The zero-order valence-electron chi connectivity index (χ0n) is 14.4. The number of benzene rings is 2. The van der Waals surface area contributed by atoms with Gasteiger partial charge < -0.3 is 9.47 Å². The summed E-state index contributed by atoms with van der Waals surface area (Å²) in [4.78, 5) is -0.0899. The lowest BCUT2D eigenvalue weighted by molar-refractivity contribution is 0.351. The Morgan fingerprint density at radius 1 is 1.12 bits per heavy atom. The monoisotopic (exact) mass is 399 g/mol. The van der Waals surface area contributed by atoms with Crippen LogP contribution in [0.4, 0.5) is 4.39 Å².